The van der Waals surface area contributed by atoms with Crippen molar-refractivity contribution in [3.05, 3.63) is 0 Å². The van der Waals surface area contributed by atoms with Crippen LogP contribution in [0, 0.1) is 17.2 Å². The molecule has 0 aromatic carbocycles. The number of hydrogen-bond acceptors (Lipinski definition) is 3. The maximum Gasteiger partial charge on any atom is 0.0638 e. The van der Waals surface area contributed by atoms with Crippen molar-refractivity contribution in [2.75, 3.05) is 13.6 Å². The minimum Gasteiger partial charge on any atom is -0.310 e. The third-order valence-corrected chi connectivity index (χ3v) is 3.89. The lowest BCUT2D eigenvalue weighted by Crippen LogP contribution is -2.53. The molecular weight excluding hydrogens is 198 g/mol. The van der Waals surface area contributed by atoms with E-state index in [1.165, 1.54) is 6.42 Å². The SMILES string of the molecule is CCC(CC#N)NC1CC(C)N(C)CC1C. The van der Waals surface area contributed by atoms with Crippen LogP contribution in [0.15, 0.2) is 0 Å². The van der Waals surface area contributed by atoms with Gasteiger partial charge in [-0.3, -0.25) is 0 Å². The first-order valence-corrected chi connectivity index (χ1v) is 6.41. The minimum absolute atomic E-state index is 0.369. The van der Waals surface area contributed by atoms with Gasteiger partial charge in [0.25, 0.3) is 0 Å². The summed E-state index contributed by atoms with van der Waals surface area (Å²) in [6.45, 7) is 7.89. The molecule has 1 N–H and O–H groups in total. The van der Waals surface area contributed by atoms with Gasteiger partial charge in [-0.25, -0.2) is 0 Å². The van der Waals surface area contributed by atoms with Crippen molar-refractivity contribution in [2.24, 2.45) is 5.92 Å². The fraction of sp³-hybridized carbons (Fsp3) is 0.923. The summed E-state index contributed by atoms with van der Waals surface area (Å²) >= 11 is 0. The van der Waals surface area contributed by atoms with Crippen molar-refractivity contribution in [2.45, 2.75) is 58.2 Å². The lowest BCUT2D eigenvalue weighted by molar-refractivity contribution is 0.115. The van der Waals surface area contributed by atoms with E-state index in [9.17, 15) is 0 Å². The van der Waals surface area contributed by atoms with Gasteiger partial charge in [-0.1, -0.05) is 13.8 Å². The Balaban J connectivity index is 2.49. The van der Waals surface area contributed by atoms with Crippen LogP contribution in [-0.4, -0.2) is 36.6 Å². The highest BCUT2D eigenvalue weighted by Gasteiger charge is 2.29. The minimum atomic E-state index is 0.369. The highest BCUT2D eigenvalue weighted by molar-refractivity contribution is 4.90. The van der Waals surface area contributed by atoms with Gasteiger partial charge in [-0.05, 0) is 32.7 Å². The second-order valence-electron chi connectivity index (χ2n) is 5.24. The van der Waals surface area contributed by atoms with Gasteiger partial charge in [0.05, 0.1) is 12.5 Å². The molecule has 0 radical (unpaired) electrons. The molecule has 92 valence electrons. The van der Waals surface area contributed by atoms with E-state index >= 15 is 0 Å². The molecule has 4 unspecified atom stereocenters. The molecule has 0 saturated carbocycles. The number of nitrogens with one attached hydrogen (secondary N) is 1. The van der Waals surface area contributed by atoms with Crippen LogP contribution in [-0.2, 0) is 0 Å². The largest absolute Gasteiger partial charge is 0.310 e. The Kier molecular flexibility index (Phi) is 5.24. The second-order valence-corrected chi connectivity index (χ2v) is 5.24. The summed E-state index contributed by atoms with van der Waals surface area (Å²) in [5, 5.41) is 12.4. The first-order chi connectivity index (χ1) is 7.58. The van der Waals surface area contributed by atoms with Crippen LogP contribution >= 0.6 is 0 Å². The van der Waals surface area contributed by atoms with Crippen molar-refractivity contribution in [1.82, 2.24) is 10.2 Å². The molecule has 1 aliphatic heterocycles. The molecule has 0 aliphatic carbocycles. The maximum absolute atomic E-state index is 8.76. The molecule has 0 spiro atoms. The number of likely N-dealkylation sites (tertiary alicyclic amines) is 1. The quantitative estimate of drug-likeness (QED) is 0.792. The van der Waals surface area contributed by atoms with Crippen LogP contribution in [0.4, 0.5) is 0 Å². The third kappa shape index (κ3) is 3.47. The summed E-state index contributed by atoms with van der Waals surface area (Å²) in [6.07, 6.45) is 2.87. The second kappa shape index (κ2) is 6.22. The van der Waals surface area contributed by atoms with Crippen molar-refractivity contribution < 1.29 is 0 Å². The Bertz CT molecular complexity index is 246. The van der Waals surface area contributed by atoms with Crippen LogP contribution in [0.3, 0.4) is 0 Å². The molecule has 1 aliphatic rings. The Morgan fingerprint density at radius 2 is 2.19 bits per heavy atom. The van der Waals surface area contributed by atoms with Crippen LogP contribution < -0.4 is 5.32 Å². The van der Waals surface area contributed by atoms with E-state index in [2.05, 4.69) is 44.1 Å². The van der Waals surface area contributed by atoms with Crippen LogP contribution in [0.2, 0.25) is 0 Å². The average Bonchev–Trinajstić information content (AvgIpc) is 2.25. The normalized spacial score (nSPS) is 33.3. The van der Waals surface area contributed by atoms with Crippen molar-refractivity contribution in [1.29, 1.82) is 5.26 Å². The molecule has 3 heteroatoms. The first kappa shape index (κ1) is 13.5. The van der Waals surface area contributed by atoms with Crippen LogP contribution in [0.5, 0.6) is 0 Å². The van der Waals surface area contributed by atoms with E-state index in [0.717, 1.165) is 13.0 Å². The lowest BCUT2D eigenvalue weighted by atomic mass is 9.89. The molecule has 0 aromatic rings. The summed E-state index contributed by atoms with van der Waals surface area (Å²) in [7, 11) is 2.20. The van der Waals surface area contributed by atoms with Crippen LogP contribution in [0.1, 0.15) is 40.0 Å². The summed E-state index contributed by atoms with van der Waals surface area (Å²) in [5.74, 6) is 0.675. The molecule has 1 rings (SSSR count). The average molecular weight is 223 g/mol. The highest BCUT2D eigenvalue weighted by Crippen LogP contribution is 2.21. The first-order valence-electron chi connectivity index (χ1n) is 6.41. The fourth-order valence-electron chi connectivity index (χ4n) is 2.51. The molecule has 4 atom stereocenters. The lowest BCUT2D eigenvalue weighted by Gasteiger charge is -2.41. The molecule has 16 heavy (non-hydrogen) atoms. The molecule has 3 nitrogen and oxygen atoms in total. The zero-order valence-electron chi connectivity index (χ0n) is 11.0. The molecule has 1 fully saturated rings. The molecule has 0 amide bonds. The van der Waals surface area contributed by atoms with Gasteiger partial charge in [0.1, 0.15) is 0 Å². The van der Waals surface area contributed by atoms with Gasteiger partial charge in [0.15, 0.2) is 0 Å². The van der Waals surface area contributed by atoms with Crippen molar-refractivity contribution in [3.63, 3.8) is 0 Å². The fourth-order valence-corrected chi connectivity index (χ4v) is 2.51. The predicted octanol–water partition coefficient (Wildman–Crippen LogP) is 2.00. The number of nitriles is 1. The molecule has 0 bridgehead atoms. The standard InChI is InChI=1S/C13H25N3/c1-5-12(6-7-14)15-13-8-11(3)16(4)9-10(13)2/h10-13,15H,5-6,8-9H2,1-4H3. The van der Waals surface area contributed by atoms with E-state index in [1.807, 2.05) is 0 Å². The van der Waals surface area contributed by atoms with Crippen LogP contribution in [0.25, 0.3) is 0 Å². The van der Waals surface area contributed by atoms with Gasteiger partial charge in [-0.2, -0.15) is 5.26 Å². The van der Waals surface area contributed by atoms with Gasteiger partial charge < -0.3 is 10.2 Å². The smallest absolute Gasteiger partial charge is 0.0638 e. The summed E-state index contributed by atoms with van der Waals surface area (Å²) in [5.41, 5.74) is 0. The highest BCUT2D eigenvalue weighted by atomic mass is 15.2. The molecule has 1 heterocycles. The Morgan fingerprint density at radius 3 is 2.75 bits per heavy atom. The topological polar surface area (TPSA) is 39.1 Å². The number of rotatable bonds is 4. The van der Waals surface area contributed by atoms with E-state index in [1.54, 1.807) is 0 Å². The summed E-state index contributed by atoms with van der Waals surface area (Å²) in [6, 6.07) is 3.86. The van der Waals surface area contributed by atoms with E-state index < -0.39 is 0 Å². The summed E-state index contributed by atoms with van der Waals surface area (Å²) < 4.78 is 0. The monoisotopic (exact) mass is 223 g/mol. The molecule has 1 saturated heterocycles. The van der Waals surface area contributed by atoms with Gasteiger partial charge in [0.2, 0.25) is 0 Å². The van der Waals surface area contributed by atoms with E-state index in [-0.39, 0.29) is 0 Å². The third-order valence-electron chi connectivity index (χ3n) is 3.89. The Morgan fingerprint density at radius 1 is 1.50 bits per heavy atom. The van der Waals surface area contributed by atoms with Gasteiger partial charge in [0, 0.05) is 24.7 Å². The molecule has 0 aromatic heterocycles. The molecular formula is C13H25N3. The Labute approximate surface area is 99.8 Å². The van der Waals surface area contributed by atoms with Crippen molar-refractivity contribution >= 4 is 0 Å². The predicted molar refractivity (Wildman–Crippen MR) is 67.1 cm³/mol. The van der Waals surface area contributed by atoms with E-state index in [0.29, 0.717) is 30.5 Å². The zero-order valence-corrected chi connectivity index (χ0v) is 11.0. The zero-order chi connectivity index (χ0) is 12.1. The number of piperidine rings is 1. The summed E-state index contributed by atoms with van der Waals surface area (Å²) in [4.78, 5) is 2.42. The van der Waals surface area contributed by atoms with E-state index in [4.69, 9.17) is 5.26 Å². The number of nitrogens with zero attached hydrogens (tertiary/aromatic N) is 2. The maximum atomic E-state index is 8.76. The van der Waals surface area contributed by atoms with Gasteiger partial charge in [-0.15, -0.1) is 0 Å². The number of hydrogen-bond donors (Lipinski definition) is 1. The van der Waals surface area contributed by atoms with Gasteiger partial charge >= 0.3 is 0 Å². The Hall–Kier alpha value is -0.590. The van der Waals surface area contributed by atoms with Crippen molar-refractivity contribution in [3.8, 4) is 6.07 Å².